The zero-order chi connectivity index (χ0) is 15.3. The van der Waals surface area contributed by atoms with Gasteiger partial charge >= 0.3 is 0 Å². The first kappa shape index (κ1) is 16.2. The molecule has 0 aliphatic carbocycles. The summed E-state index contributed by atoms with van der Waals surface area (Å²) in [6.45, 7) is 7.60. The normalized spacial score (nSPS) is 20.4. The summed E-state index contributed by atoms with van der Waals surface area (Å²) in [4.78, 5) is 6.61. The third kappa shape index (κ3) is 4.39. The van der Waals surface area contributed by atoms with Crippen LogP contribution in [0.5, 0.6) is 0 Å². The Morgan fingerprint density at radius 2 is 2.19 bits per heavy atom. The summed E-state index contributed by atoms with van der Waals surface area (Å²) < 4.78 is 27.5. The van der Waals surface area contributed by atoms with E-state index in [1.807, 2.05) is 6.92 Å². The molecule has 1 aromatic heterocycles. The molecule has 1 aromatic rings. The number of nitrogens with zero attached hydrogens (tertiary/aromatic N) is 2. The Morgan fingerprint density at radius 1 is 1.38 bits per heavy atom. The van der Waals surface area contributed by atoms with E-state index in [0.29, 0.717) is 5.82 Å². The van der Waals surface area contributed by atoms with E-state index in [1.165, 1.54) is 6.20 Å². The lowest BCUT2D eigenvalue weighted by atomic mass is 10.1. The lowest BCUT2D eigenvalue weighted by Crippen LogP contribution is -2.47. The topological polar surface area (TPSA) is 74.3 Å². The molecule has 1 saturated heterocycles. The largest absolute Gasteiger partial charge is 0.370 e. The minimum Gasteiger partial charge on any atom is -0.370 e. The molecule has 2 N–H and O–H groups in total. The number of rotatable bonds is 6. The van der Waals surface area contributed by atoms with Crippen molar-refractivity contribution in [2.45, 2.75) is 37.6 Å². The predicted molar refractivity (Wildman–Crippen MR) is 83.9 cm³/mol. The number of nitrogens with one attached hydrogen (secondary N) is 2. The number of pyridine rings is 1. The molecule has 1 aliphatic rings. The van der Waals surface area contributed by atoms with Crippen LogP contribution in [0.15, 0.2) is 23.2 Å². The molecule has 0 radical (unpaired) electrons. The van der Waals surface area contributed by atoms with Crippen molar-refractivity contribution in [2.75, 3.05) is 31.5 Å². The van der Waals surface area contributed by atoms with Gasteiger partial charge in [0, 0.05) is 25.3 Å². The van der Waals surface area contributed by atoms with E-state index in [0.717, 1.165) is 39.0 Å². The molecule has 1 aliphatic heterocycles. The van der Waals surface area contributed by atoms with Crippen molar-refractivity contribution in [3.8, 4) is 0 Å². The molecular formula is C14H24N4O2S. The Balaban J connectivity index is 2.03. The van der Waals surface area contributed by atoms with Crippen LogP contribution in [0.25, 0.3) is 0 Å². The van der Waals surface area contributed by atoms with Gasteiger partial charge in [0.05, 0.1) is 0 Å². The average Bonchev–Trinajstić information content (AvgIpc) is 2.48. The Bertz CT molecular complexity index is 545. The molecule has 0 bridgehead atoms. The molecule has 1 atom stereocenters. The average molecular weight is 312 g/mol. The zero-order valence-electron chi connectivity index (χ0n) is 12.7. The van der Waals surface area contributed by atoms with Crippen molar-refractivity contribution in [1.82, 2.24) is 14.6 Å². The van der Waals surface area contributed by atoms with Crippen molar-refractivity contribution in [1.29, 1.82) is 0 Å². The first-order valence-corrected chi connectivity index (χ1v) is 8.98. The van der Waals surface area contributed by atoms with Gasteiger partial charge in [0.2, 0.25) is 10.0 Å². The molecule has 2 rings (SSSR count). The number of anilines is 1. The summed E-state index contributed by atoms with van der Waals surface area (Å²) in [5.41, 5.74) is 0. The fraction of sp³-hybridized carbons (Fsp3) is 0.643. The minimum atomic E-state index is -3.49. The number of sulfonamides is 1. The molecule has 2 heterocycles. The van der Waals surface area contributed by atoms with E-state index in [-0.39, 0.29) is 10.9 Å². The monoisotopic (exact) mass is 312 g/mol. The number of hydrogen-bond donors (Lipinski definition) is 2. The molecule has 0 saturated carbocycles. The molecular weight excluding hydrogens is 288 g/mol. The molecule has 0 amide bonds. The third-order valence-corrected chi connectivity index (χ3v) is 5.18. The predicted octanol–water partition coefficient (Wildman–Crippen LogP) is 1.28. The summed E-state index contributed by atoms with van der Waals surface area (Å²) in [6, 6.07) is 3.27. The van der Waals surface area contributed by atoms with E-state index in [1.54, 1.807) is 12.1 Å². The third-order valence-electron chi connectivity index (χ3n) is 3.68. The van der Waals surface area contributed by atoms with Gasteiger partial charge in [0.15, 0.2) is 0 Å². The van der Waals surface area contributed by atoms with Crippen LogP contribution in [-0.2, 0) is 10.0 Å². The fourth-order valence-corrected chi connectivity index (χ4v) is 3.76. The van der Waals surface area contributed by atoms with E-state index < -0.39 is 10.0 Å². The van der Waals surface area contributed by atoms with Crippen LogP contribution in [-0.4, -0.2) is 50.5 Å². The molecule has 1 fully saturated rings. The van der Waals surface area contributed by atoms with Crippen LogP contribution in [0.1, 0.15) is 26.7 Å². The standard InChI is InChI=1S/C14H24N4O2S/c1-3-15-14-8-7-13(10-16-14)21(19,20)17-12-6-5-9-18(4-2)11-12/h7-8,10,12,17H,3-6,9,11H2,1-2H3,(H,15,16). The second-order valence-electron chi connectivity index (χ2n) is 5.26. The molecule has 0 spiro atoms. The van der Waals surface area contributed by atoms with Crippen molar-refractivity contribution in [3.63, 3.8) is 0 Å². The molecule has 0 aromatic carbocycles. The van der Waals surface area contributed by atoms with Gasteiger partial charge < -0.3 is 10.2 Å². The SMILES string of the molecule is CCNc1ccc(S(=O)(=O)NC2CCCN(CC)C2)cn1. The van der Waals surface area contributed by atoms with Gasteiger partial charge in [-0.3, -0.25) is 0 Å². The number of aromatic nitrogens is 1. The first-order chi connectivity index (χ1) is 10.0. The van der Waals surface area contributed by atoms with Gasteiger partial charge in [-0.2, -0.15) is 0 Å². The molecule has 6 nitrogen and oxygen atoms in total. The van der Waals surface area contributed by atoms with Gasteiger partial charge in [-0.15, -0.1) is 0 Å². The highest BCUT2D eigenvalue weighted by molar-refractivity contribution is 7.89. The van der Waals surface area contributed by atoms with Gasteiger partial charge in [-0.25, -0.2) is 18.1 Å². The Morgan fingerprint density at radius 3 is 2.81 bits per heavy atom. The van der Waals surface area contributed by atoms with Crippen LogP contribution in [0.2, 0.25) is 0 Å². The highest BCUT2D eigenvalue weighted by atomic mass is 32.2. The molecule has 118 valence electrons. The Labute approximate surface area is 127 Å². The quantitative estimate of drug-likeness (QED) is 0.827. The zero-order valence-corrected chi connectivity index (χ0v) is 13.5. The number of piperidine rings is 1. The van der Waals surface area contributed by atoms with E-state index in [4.69, 9.17) is 0 Å². The molecule has 7 heteroatoms. The number of likely N-dealkylation sites (N-methyl/N-ethyl adjacent to an activating group) is 1. The van der Waals surface area contributed by atoms with E-state index >= 15 is 0 Å². The van der Waals surface area contributed by atoms with Crippen molar-refractivity contribution >= 4 is 15.8 Å². The number of likely N-dealkylation sites (tertiary alicyclic amines) is 1. The summed E-state index contributed by atoms with van der Waals surface area (Å²) >= 11 is 0. The van der Waals surface area contributed by atoms with E-state index in [2.05, 4.69) is 26.8 Å². The molecule has 21 heavy (non-hydrogen) atoms. The van der Waals surface area contributed by atoms with Crippen LogP contribution >= 0.6 is 0 Å². The minimum absolute atomic E-state index is 0.0165. The fourth-order valence-electron chi connectivity index (χ4n) is 2.55. The lowest BCUT2D eigenvalue weighted by molar-refractivity contribution is 0.211. The maximum atomic E-state index is 12.4. The molecule has 1 unspecified atom stereocenters. The summed E-state index contributed by atoms with van der Waals surface area (Å²) in [7, 11) is -3.49. The van der Waals surface area contributed by atoms with Crippen LogP contribution < -0.4 is 10.0 Å². The van der Waals surface area contributed by atoms with Crippen LogP contribution in [0.4, 0.5) is 5.82 Å². The maximum absolute atomic E-state index is 12.4. The first-order valence-electron chi connectivity index (χ1n) is 7.49. The van der Waals surface area contributed by atoms with Gasteiger partial charge in [-0.1, -0.05) is 6.92 Å². The van der Waals surface area contributed by atoms with Gasteiger partial charge in [0.25, 0.3) is 0 Å². The smallest absolute Gasteiger partial charge is 0.242 e. The van der Waals surface area contributed by atoms with Crippen LogP contribution in [0.3, 0.4) is 0 Å². The summed E-state index contributed by atoms with van der Waals surface area (Å²) in [6.07, 6.45) is 3.32. The maximum Gasteiger partial charge on any atom is 0.242 e. The van der Waals surface area contributed by atoms with Crippen molar-refractivity contribution in [3.05, 3.63) is 18.3 Å². The summed E-state index contributed by atoms with van der Waals surface area (Å²) in [5.74, 6) is 0.686. The second-order valence-corrected chi connectivity index (χ2v) is 6.98. The van der Waals surface area contributed by atoms with Crippen LogP contribution in [0, 0.1) is 0 Å². The summed E-state index contributed by atoms with van der Waals surface area (Å²) in [5, 5.41) is 3.05. The van der Waals surface area contributed by atoms with Crippen molar-refractivity contribution in [2.24, 2.45) is 0 Å². The highest BCUT2D eigenvalue weighted by Gasteiger charge is 2.24. The number of hydrogen-bond acceptors (Lipinski definition) is 5. The Kier molecular flexibility index (Phi) is 5.55. The highest BCUT2D eigenvalue weighted by Crippen LogP contribution is 2.15. The lowest BCUT2D eigenvalue weighted by Gasteiger charge is -2.32. The van der Waals surface area contributed by atoms with Gasteiger partial charge in [-0.05, 0) is 45.0 Å². The van der Waals surface area contributed by atoms with Crippen molar-refractivity contribution < 1.29 is 8.42 Å². The van der Waals surface area contributed by atoms with Gasteiger partial charge in [0.1, 0.15) is 10.7 Å². The Hall–Kier alpha value is -1.18. The second kappa shape index (κ2) is 7.20. The van der Waals surface area contributed by atoms with E-state index in [9.17, 15) is 8.42 Å².